The van der Waals surface area contributed by atoms with Gasteiger partial charge in [0.1, 0.15) is 0 Å². The summed E-state index contributed by atoms with van der Waals surface area (Å²) in [4.78, 5) is 22.2. The van der Waals surface area contributed by atoms with E-state index in [1.54, 1.807) is 6.07 Å². The second kappa shape index (κ2) is 4.53. The second-order valence-electron chi connectivity index (χ2n) is 4.21. The minimum Gasteiger partial charge on any atom is -0.326 e. The lowest BCUT2D eigenvalue weighted by Gasteiger charge is -2.30. The van der Waals surface area contributed by atoms with Gasteiger partial charge in [0.15, 0.2) is 0 Å². The van der Waals surface area contributed by atoms with E-state index in [0.29, 0.717) is 12.1 Å². The molecule has 0 saturated heterocycles. The number of nitrogens with zero attached hydrogens (tertiary/aromatic N) is 1. The summed E-state index contributed by atoms with van der Waals surface area (Å²) in [7, 11) is 0. The van der Waals surface area contributed by atoms with Crippen LogP contribution in [0.1, 0.15) is 24.8 Å². The zero-order valence-corrected chi connectivity index (χ0v) is 9.55. The van der Waals surface area contributed by atoms with Crippen LogP contribution in [-0.4, -0.2) is 17.4 Å². The Kier molecular flexibility index (Phi) is 3.08. The van der Waals surface area contributed by atoms with Crippen LogP contribution in [0.15, 0.2) is 24.3 Å². The molecule has 1 aliphatic rings. The molecule has 0 unspecified atom stereocenters. The number of rotatable bonds is 3. The number of nitrogens with one attached hydrogen (secondary N) is 1. The first kappa shape index (κ1) is 11.6. The lowest BCUT2D eigenvalue weighted by molar-refractivity contribution is -0.484. The molecule has 90 valence electrons. The number of anilines is 1. The molecule has 1 aromatic rings. The molecule has 1 aliphatic heterocycles. The van der Waals surface area contributed by atoms with Crippen molar-refractivity contribution in [3.8, 4) is 0 Å². The van der Waals surface area contributed by atoms with E-state index in [9.17, 15) is 14.9 Å². The van der Waals surface area contributed by atoms with Crippen LogP contribution in [0.2, 0.25) is 0 Å². The summed E-state index contributed by atoms with van der Waals surface area (Å²) in [6.07, 6.45) is 0.610. The van der Waals surface area contributed by atoms with Gasteiger partial charge in [0.25, 0.3) is 0 Å². The van der Waals surface area contributed by atoms with Gasteiger partial charge in [0, 0.05) is 10.6 Å². The normalized spacial score (nSPS) is 22.8. The summed E-state index contributed by atoms with van der Waals surface area (Å²) in [5.74, 6) is -0.742. The molecule has 0 bridgehead atoms. The third-order valence-corrected chi connectivity index (χ3v) is 3.23. The molecule has 2 atom stereocenters. The average Bonchev–Trinajstić information content (AvgIpc) is 2.28. The van der Waals surface area contributed by atoms with E-state index in [1.165, 1.54) is 0 Å². The van der Waals surface area contributed by atoms with E-state index in [1.807, 2.05) is 25.1 Å². The predicted octanol–water partition coefficient (Wildman–Crippen LogP) is 2.03. The summed E-state index contributed by atoms with van der Waals surface area (Å²) in [5.41, 5.74) is 1.57. The highest BCUT2D eigenvalue weighted by Gasteiger charge is 2.37. The SMILES string of the molecule is CC[C@@H]1C(=O)Nc2ccccc2[C@@H]1C[N+](=O)[O-]. The molecule has 1 N–H and O–H groups in total. The minimum absolute atomic E-state index is 0.113. The zero-order chi connectivity index (χ0) is 12.4. The molecule has 2 rings (SSSR count). The Labute approximate surface area is 99.0 Å². The van der Waals surface area contributed by atoms with Crippen molar-refractivity contribution in [2.24, 2.45) is 5.92 Å². The summed E-state index contributed by atoms with van der Waals surface area (Å²) >= 11 is 0. The van der Waals surface area contributed by atoms with Gasteiger partial charge in [-0.15, -0.1) is 0 Å². The number of para-hydroxylation sites is 1. The van der Waals surface area contributed by atoms with Gasteiger partial charge in [-0.25, -0.2) is 0 Å². The Morgan fingerprint density at radius 3 is 2.71 bits per heavy atom. The number of carbonyl (C=O) groups is 1. The molecule has 0 fully saturated rings. The number of nitro groups is 1. The van der Waals surface area contributed by atoms with Gasteiger partial charge in [-0.1, -0.05) is 25.1 Å². The highest BCUT2D eigenvalue weighted by Crippen LogP contribution is 2.37. The van der Waals surface area contributed by atoms with E-state index in [0.717, 1.165) is 5.56 Å². The van der Waals surface area contributed by atoms with Crippen molar-refractivity contribution in [1.82, 2.24) is 0 Å². The van der Waals surface area contributed by atoms with E-state index >= 15 is 0 Å². The summed E-state index contributed by atoms with van der Waals surface area (Å²) < 4.78 is 0. The monoisotopic (exact) mass is 234 g/mol. The molecule has 1 aromatic carbocycles. The van der Waals surface area contributed by atoms with E-state index in [4.69, 9.17) is 0 Å². The number of benzene rings is 1. The Hall–Kier alpha value is -1.91. The molecule has 0 aromatic heterocycles. The first-order valence-electron chi connectivity index (χ1n) is 5.65. The largest absolute Gasteiger partial charge is 0.326 e. The van der Waals surface area contributed by atoms with Gasteiger partial charge in [0.2, 0.25) is 12.5 Å². The Bertz CT molecular complexity index is 459. The van der Waals surface area contributed by atoms with Crippen LogP contribution < -0.4 is 5.32 Å². The van der Waals surface area contributed by atoms with Gasteiger partial charge in [0.05, 0.1) is 11.8 Å². The molecule has 0 saturated carbocycles. The number of amides is 1. The average molecular weight is 234 g/mol. The molecule has 17 heavy (non-hydrogen) atoms. The van der Waals surface area contributed by atoms with Crippen molar-refractivity contribution >= 4 is 11.6 Å². The topological polar surface area (TPSA) is 72.2 Å². The van der Waals surface area contributed by atoms with Crippen molar-refractivity contribution in [1.29, 1.82) is 0 Å². The maximum absolute atomic E-state index is 11.8. The quantitative estimate of drug-likeness (QED) is 0.642. The molecule has 5 heteroatoms. The maximum atomic E-state index is 11.8. The third kappa shape index (κ3) is 2.13. The molecule has 0 spiro atoms. The van der Waals surface area contributed by atoms with Gasteiger partial charge < -0.3 is 5.32 Å². The fourth-order valence-electron chi connectivity index (χ4n) is 2.42. The van der Waals surface area contributed by atoms with E-state index in [2.05, 4.69) is 5.32 Å². The van der Waals surface area contributed by atoms with Gasteiger partial charge in [-0.2, -0.15) is 0 Å². The second-order valence-corrected chi connectivity index (χ2v) is 4.21. The lowest BCUT2D eigenvalue weighted by atomic mass is 9.80. The van der Waals surface area contributed by atoms with E-state index < -0.39 is 0 Å². The Balaban J connectivity index is 2.42. The standard InChI is InChI=1S/C12H14N2O3/c1-2-8-10(7-14(16)17)9-5-3-4-6-11(9)13-12(8)15/h3-6,8,10H,2,7H2,1H3,(H,13,15)/t8-,10+/m0/s1. The lowest BCUT2D eigenvalue weighted by Crippen LogP contribution is -2.36. The fourth-order valence-corrected chi connectivity index (χ4v) is 2.42. The number of carbonyl (C=O) groups excluding carboxylic acids is 1. The number of hydrogen-bond donors (Lipinski definition) is 1. The fraction of sp³-hybridized carbons (Fsp3) is 0.417. The van der Waals surface area contributed by atoms with Crippen molar-refractivity contribution in [3.05, 3.63) is 39.9 Å². The third-order valence-electron chi connectivity index (χ3n) is 3.23. The van der Waals surface area contributed by atoms with Crippen LogP contribution in [-0.2, 0) is 4.79 Å². The van der Waals surface area contributed by atoms with Crippen LogP contribution in [0.25, 0.3) is 0 Å². The summed E-state index contributed by atoms with van der Waals surface area (Å²) in [6, 6.07) is 7.29. The number of hydrogen-bond acceptors (Lipinski definition) is 3. The molecule has 1 heterocycles. The van der Waals surface area contributed by atoms with Gasteiger partial charge >= 0.3 is 0 Å². The van der Waals surface area contributed by atoms with Crippen LogP contribution in [0, 0.1) is 16.0 Å². The summed E-state index contributed by atoms with van der Waals surface area (Å²) in [5, 5.41) is 13.5. The number of fused-ring (bicyclic) bond motifs is 1. The first-order valence-corrected chi connectivity index (χ1v) is 5.65. The highest BCUT2D eigenvalue weighted by molar-refractivity contribution is 5.96. The predicted molar refractivity (Wildman–Crippen MR) is 63.5 cm³/mol. The highest BCUT2D eigenvalue weighted by atomic mass is 16.6. The van der Waals surface area contributed by atoms with Crippen LogP contribution >= 0.6 is 0 Å². The zero-order valence-electron chi connectivity index (χ0n) is 9.55. The first-order chi connectivity index (χ1) is 8.13. The maximum Gasteiger partial charge on any atom is 0.228 e. The Morgan fingerprint density at radius 2 is 2.06 bits per heavy atom. The van der Waals surface area contributed by atoms with Crippen molar-refractivity contribution in [2.75, 3.05) is 11.9 Å². The van der Waals surface area contributed by atoms with Crippen LogP contribution in [0.3, 0.4) is 0 Å². The Morgan fingerprint density at radius 1 is 1.35 bits per heavy atom. The molecule has 5 nitrogen and oxygen atoms in total. The van der Waals surface area contributed by atoms with Crippen molar-refractivity contribution in [2.45, 2.75) is 19.3 Å². The van der Waals surface area contributed by atoms with E-state index in [-0.39, 0.29) is 29.2 Å². The molecule has 1 amide bonds. The van der Waals surface area contributed by atoms with Gasteiger partial charge in [-0.05, 0) is 18.1 Å². The van der Waals surface area contributed by atoms with Gasteiger partial charge in [-0.3, -0.25) is 14.9 Å². The van der Waals surface area contributed by atoms with Crippen LogP contribution in [0.4, 0.5) is 5.69 Å². The molecular formula is C12H14N2O3. The molecule has 0 radical (unpaired) electrons. The minimum atomic E-state index is -0.345. The summed E-state index contributed by atoms with van der Waals surface area (Å²) in [6.45, 7) is 1.69. The molecule has 0 aliphatic carbocycles. The van der Waals surface area contributed by atoms with Crippen LogP contribution in [0.5, 0.6) is 0 Å². The molecular weight excluding hydrogens is 220 g/mol. The smallest absolute Gasteiger partial charge is 0.228 e. The van der Waals surface area contributed by atoms with Crippen molar-refractivity contribution in [3.63, 3.8) is 0 Å². The van der Waals surface area contributed by atoms with Crippen molar-refractivity contribution < 1.29 is 9.72 Å².